The molecule has 0 spiro atoms. The molecule has 0 aliphatic rings. The average molecular weight is 350 g/mol. The predicted octanol–water partition coefficient (Wildman–Crippen LogP) is 3.87. The van der Waals surface area contributed by atoms with Crippen LogP contribution in [0.3, 0.4) is 0 Å². The minimum Gasteiger partial charge on any atom is -0.854 e. The molecule has 0 saturated heterocycles. The van der Waals surface area contributed by atoms with Crippen molar-refractivity contribution in [2.24, 2.45) is 5.10 Å². The topological polar surface area (TPSA) is 39.3 Å². The third-order valence-electron chi connectivity index (χ3n) is 4.31. The van der Waals surface area contributed by atoms with E-state index in [2.05, 4.69) is 35.4 Å². The molecule has 3 heteroatoms. The van der Waals surface area contributed by atoms with Crippen LogP contribution in [0.2, 0.25) is 0 Å². The Morgan fingerprint density at radius 1 is 0.741 bits per heavy atom. The second kappa shape index (κ2) is 7.67. The molecule has 130 valence electrons. The van der Waals surface area contributed by atoms with Crippen LogP contribution in [0.5, 0.6) is 0 Å². The number of hydrogen-bond donors (Lipinski definition) is 0. The molecule has 1 heterocycles. The monoisotopic (exact) mass is 350 g/mol. The van der Waals surface area contributed by atoms with Crippen LogP contribution >= 0.6 is 0 Å². The summed E-state index contributed by atoms with van der Waals surface area (Å²) < 4.78 is 1.60. The Balaban J connectivity index is 1.65. The molecular weight excluding hydrogens is 332 g/mol. The number of nitrogens with zero attached hydrogens (tertiary/aromatic N) is 2. The Hall–Kier alpha value is -3.72. The van der Waals surface area contributed by atoms with Crippen molar-refractivity contribution in [2.45, 2.75) is 0 Å². The number of aromatic nitrogens is 1. The van der Waals surface area contributed by atoms with Gasteiger partial charge in [0.2, 0.25) is 11.9 Å². The van der Waals surface area contributed by atoms with Gasteiger partial charge in [0.1, 0.15) is 0 Å². The Morgan fingerprint density at radius 3 is 2.33 bits per heavy atom. The van der Waals surface area contributed by atoms with Crippen LogP contribution in [-0.2, 0) is 0 Å². The quantitative estimate of drug-likeness (QED) is 0.313. The van der Waals surface area contributed by atoms with Gasteiger partial charge in [0.25, 0.3) is 0 Å². The summed E-state index contributed by atoms with van der Waals surface area (Å²) in [6, 6.07) is 29.4. The second-order valence-corrected chi connectivity index (χ2v) is 6.18. The molecule has 4 aromatic rings. The van der Waals surface area contributed by atoms with Crippen LogP contribution in [0.1, 0.15) is 16.8 Å². The molecule has 3 aromatic carbocycles. The first kappa shape index (κ1) is 16.7. The predicted molar refractivity (Wildman–Crippen MR) is 108 cm³/mol. The Labute approximate surface area is 158 Å². The maximum atomic E-state index is 12.4. The van der Waals surface area contributed by atoms with Crippen LogP contribution in [0.15, 0.2) is 102 Å². The third kappa shape index (κ3) is 3.93. The van der Waals surface area contributed by atoms with Gasteiger partial charge < -0.3 is 5.11 Å². The SMILES string of the molecule is [O-]/C(=N\[n+]1ccccc1/C=C/c1ccc2ccccc2c1)c1ccccc1. The summed E-state index contributed by atoms with van der Waals surface area (Å²) in [6.45, 7) is 0. The molecule has 0 saturated carbocycles. The molecular formula is C24H18N2O. The third-order valence-corrected chi connectivity index (χ3v) is 4.31. The average Bonchev–Trinajstić information content (AvgIpc) is 2.73. The van der Waals surface area contributed by atoms with Gasteiger partial charge in [-0.25, -0.2) is 0 Å². The fourth-order valence-electron chi connectivity index (χ4n) is 2.90. The van der Waals surface area contributed by atoms with Crippen LogP contribution in [-0.4, -0.2) is 5.90 Å². The van der Waals surface area contributed by atoms with Gasteiger partial charge >= 0.3 is 0 Å². The van der Waals surface area contributed by atoms with Crippen LogP contribution in [0.4, 0.5) is 0 Å². The summed E-state index contributed by atoms with van der Waals surface area (Å²) in [5, 5.41) is 19.0. The van der Waals surface area contributed by atoms with Crippen LogP contribution in [0.25, 0.3) is 22.9 Å². The van der Waals surface area contributed by atoms with Gasteiger partial charge in [0.15, 0.2) is 0 Å². The first-order valence-electron chi connectivity index (χ1n) is 8.78. The lowest BCUT2D eigenvalue weighted by Crippen LogP contribution is -2.36. The molecule has 3 nitrogen and oxygen atoms in total. The Morgan fingerprint density at radius 2 is 1.48 bits per heavy atom. The molecule has 0 unspecified atom stereocenters. The first-order chi connectivity index (χ1) is 13.3. The Bertz CT molecular complexity index is 1130. The van der Waals surface area contributed by atoms with Crippen molar-refractivity contribution >= 4 is 28.8 Å². The number of rotatable bonds is 4. The minimum atomic E-state index is -0.271. The van der Waals surface area contributed by atoms with Gasteiger partial charge in [-0.2, -0.15) is 0 Å². The van der Waals surface area contributed by atoms with Crippen molar-refractivity contribution in [3.63, 3.8) is 0 Å². The maximum Gasteiger partial charge on any atom is 0.238 e. The van der Waals surface area contributed by atoms with Gasteiger partial charge in [0, 0.05) is 18.2 Å². The van der Waals surface area contributed by atoms with Gasteiger partial charge in [0.05, 0.1) is 5.90 Å². The highest BCUT2D eigenvalue weighted by Gasteiger charge is 2.06. The van der Waals surface area contributed by atoms with Crippen LogP contribution < -0.4 is 9.78 Å². The zero-order valence-corrected chi connectivity index (χ0v) is 14.7. The summed E-state index contributed by atoms with van der Waals surface area (Å²) in [5.74, 6) is -0.271. The van der Waals surface area contributed by atoms with E-state index in [1.54, 1.807) is 23.0 Å². The molecule has 0 bridgehead atoms. The van der Waals surface area contributed by atoms with E-state index in [9.17, 15) is 5.11 Å². The van der Waals surface area contributed by atoms with E-state index in [1.165, 1.54) is 10.8 Å². The van der Waals surface area contributed by atoms with Gasteiger partial charge in [-0.3, -0.25) is 0 Å². The standard InChI is InChI=1S/C24H18N2O/c27-24(21-9-2-1-3-10-21)25-26-17-7-6-12-23(26)16-14-19-13-15-20-8-4-5-11-22(20)18-19/h1-18H/b16-14+. The summed E-state index contributed by atoms with van der Waals surface area (Å²) in [4.78, 5) is 0. The summed E-state index contributed by atoms with van der Waals surface area (Å²) in [6.07, 6.45) is 5.77. The van der Waals surface area contributed by atoms with Gasteiger partial charge in [-0.05, 0) is 45.2 Å². The first-order valence-corrected chi connectivity index (χ1v) is 8.78. The van der Waals surface area contributed by atoms with E-state index >= 15 is 0 Å². The Kier molecular flexibility index (Phi) is 4.75. The summed E-state index contributed by atoms with van der Waals surface area (Å²) in [5.41, 5.74) is 2.49. The fourth-order valence-corrected chi connectivity index (χ4v) is 2.90. The lowest BCUT2D eigenvalue weighted by atomic mass is 10.1. The number of pyridine rings is 1. The normalized spacial score (nSPS) is 11.9. The van der Waals surface area contributed by atoms with E-state index in [0.29, 0.717) is 5.56 Å². The molecule has 0 radical (unpaired) electrons. The molecule has 0 N–H and O–H groups in total. The van der Waals surface area contributed by atoms with Crippen LogP contribution in [0, 0.1) is 0 Å². The summed E-state index contributed by atoms with van der Waals surface area (Å²) in [7, 11) is 0. The zero-order chi connectivity index (χ0) is 18.5. The fraction of sp³-hybridized carbons (Fsp3) is 0. The molecule has 1 aromatic heterocycles. The molecule has 4 rings (SSSR count). The molecule has 0 aliphatic carbocycles. The van der Waals surface area contributed by atoms with Crippen molar-refractivity contribution < 1.29 is 9.78 Å². The van der Waals surface area contributed by atoms with E-state index in [-0.39, 0.29) is 5.90 Å². The highest BCUT2D eigenvalue weighted by Crippen LogP contribution is 2.17. The van der Waals surface area contributed by atoms with Crippen molar-refractivity contribution in [3.05, 3.63) is 114 Å². The highest BCUT2D eigenvalue weighted by molar-refractivity contribution is 5.90. The largest absolute Gasteiger partial charge is 0.854 e. The van der Waals surface area contributed by atoms with Gasteiger partial charge in [-0.1, -0.05) is 71.4 Å². The van der Waals surface area contributed by atoms with Crippen molar-refractivity contribution in [2.75, 3.05) is 0 Å². The number of hydrogen-bond acceptors (Lipinski definition) is 2. The lowest BCUT2D eigenvalue weighted by molar-refractivity contribution is -0.683. The van der Waals surface area contributed by atoms with Crippen molar-refractivity contribution in [1.82, 2.24) is 0 Å². The summed E-state index contributed by atoms with van der Waals surface area (Å²) >= 11 is 0. The molecule has 0 fully saturated rings. The second-order valence-electron chi connectivity index (χ2n) is 6.18. The van der Waals surface area contributed by atoms with E-state index in [0.717, 1.165) is 11.3 Å². The highest BCUT2D eigenvalue weighted by atomic mass is 16.3. The van der Waals surface area contributed by atoms with Crippen molar-refractivity contribution in [3.8, 4) is 0 Å². The smallest absolute Gasteiger partial charge is 0.238 e. The number of benzene rings is 3. The lowest BCUT2D eigenvalue weighted by Gasteiger charge is -2.06. The molecule has 0 aliphatic heterocycles. The van der Waals surface area contributed by atoms with E-state index < -0.39 is 0 Å². The zero-order valence-electron chi connectivity index (χ0n) is 14.7. The molecule has 0 atom stereocenters. The number of fused-ring (bicyclic) bond motifs is 1. The van der Waals surface area contributed by atoms with Crippen molar-refractivity contribution in [1.29, 1.82) is 0 Å². The minimum absolute atomic E-state index is 0.271. The molecule has 0 amide bonds. The van der Waals surface area contributed by atoms with Gasteiger partial charge in [-0.15, -0.1) is 0 Å². The van der Waals surface area contributed by atoms with E-state index in [4.69, 9.17) is 0 Å². The molecule has 27 heavy (non-hydrogen) atoms. The van der Waals surface area contributed by atoms with E-state index in [1.807, 2.05) is 60.7 Å². The maximum absolute atomic E-state index is 12.4.